The average Bonchev–Trinajstić information content (AvgIpc) is 3.34. The SMILES string of the molecule is CCCCNC(=O)c1ccc(CN2C(=O)COc3ccc(C(=O)COc4ccccc4F)cc32)o1. The highest BCUT2D eigenvalue weighted by atomic mass is 19.1. The van der Waals surface area contributed by atoms with Gasteiger partial charge >= 0.3 is 0 Å². The molecule has 0 atom stereocenters. The molecule has 0 fully saturated rings. The van der Waals surface area contributed by atoms with E-state index in [4.69, 9.17) is 13.9 Å². The van der Waals surface area contributed by atoms with E-state index in [1.807, 2.05) is 6.92 Å². The molecule has 2 aromatic carbocycles. The van der Waals surface area contributed by atoms with Gasteiger partial charge in [0.2, 0.25) is 0 Å². The number of amides is 2. The first kappa shape index (κ1) is 24.0. The zero-order chi connectivity index (χ0) is 24.8. The first-order valence-electron chi connectivity index (χ1n) is 11.3. The van der Waals surface area contributed by atoms with Crippen molar-refractivity contribution in [2.45, 2.75) is 26.3 Å². The number of anilines is 1. The van der Waals surface area contributed by atoms with Gasteiger partial charge in [0, 0.05) is 12.1 Å². The van der Waals surface area contributed by atoms with Gasteiger partial charge in [0.15, 0.2) is 36.3 Å². The molecule has 1 N–H and O–H groups in total. The standard InChI is InChI=1S/C26H25FN2O6/c1-2-3-12-28-26(32)24-11-9-18(35-24)14-29-20-13-17(8-10-23(20)34-16-25(29)31)21(30)15-33-22-7-5-4-6-19(22)27/h4-11,13H,2-3,12,14-16H2,1H3,(H,28,32). The van der Waals surface area contributed by atoms with Gasteiger partial charge in [-0.15, -0.1) is 0 Å². The lowest BCUT2D eigenvalue weighted by Gasteiger charge is -2.29. The fourth-order valence-electron chi connectivity index (χ4n) is 3.54. The van der Waals surface area contributed by atoms with Gasteiger partial charge in [0.1, 0.15) is 11.5 Å². The fourth-order valence-corrected chi connectivity index (χ4v) is 3.54. The van der Waals surface area contributed by atoms with E-state index in [1.54, 1.807) is 30.3 Å². The van der Waals surface area contributed by atoms with Gasteiger partial charge in [-0.3, -0.25) is 19.3 Å². The van der Waals surface area contributed by atoms with Gasteiger partial charge in [-0.1, -0.05) is 25.5 Å². The third-order valence-corrected chi connectivity index (χ3v) is 5.43. The van der Waals surface area contributed by atoms with Crippen LogP contribution in [0.3, 0.4) is 0 Å². The normalized spacial score (nSPS) is 12.6. The van der Waals surface area contributed by atoms with Crippen LogP contribution in [-0.2, 0) is 11.3 Å². The minimum atomic E-state index is -0.562. The van der Waals surface area contributed by atoms with E-state index >= 15 is 0 Å². The highest BCUT2D eigenvalue weighted by Gasteiger charge is 2.28. The predicted molar refractivity (Wildman–Crippen MR) is 125 cm³/mol. The molecule has 9 heteroatoms. The van der Waals surface area contributed by atoms with Crippen molar-refractivity contribution in [2.75, 3.05) is 24.7 Å². The highest BCUT2D eigenvalue weighted by molar-refractivity contribution is 6.02. The lowest BCUT2D eigenvalue weighted by atomic mass is 10.1. The van der Waals surface area contributed by atoms with Crippen LogP contribution in [0.2, 0.25) is 0 Å². The topological polar surface area (TPSA) is 98.1 Å². The summed E-state index contributed by atoms with van der Waals surface area (Å²) in [4.78, 5) is 39.0. The number of Topliss-reactive ketones (excluding diaryl/α,β-unsaturated/α-hetero) is 1. The van der Waals surface area contributed by atoms with E-state index in [-0.39, 0.29) is 48.6 Å². The number of fused-ring (bicyclic) bond motifs is 1. The van der Waals surface area contributed by atoms with Crippen molar-refractivity contribution in [3.63, 3.8) is 0 Å². The fraction of sp³-hybridized carbons (Fsp3) is 0.269. The van der Waals surface area contributed by atoms with Crippen molar-refractivity contribution in [3.05, 3.63) is 77.5 Å². The van der Waals surface area contributed by atoms with E-state index in [1.165, 1.54) is 29.2 Å². The molecule has 0 radical (unpaired) electrons. The molecule has 0 saturated heterocycles. The number of hydrogen-bond acceptors (Lipinski definition) is 6. The van der Waals surface area contributed by atoms with Crippen LogP contribution in [0.25, 0.3) is 0 Å². The summed E-state index contributed by atoms with van der Waals surface area (Å²) in [7, 11) is 0. The van der Waals surface area contributed by atoms with Gasteiger partial charge in [-0.25, -0.2) is 4.39 Å². The molecule has 0 bridgehead atoms. The summed E-state index contributed by atoms with van der Waals surface area (Å²) in [6.45, 7) is 2.10. The summed E-state index contributed by atoms with van der Waals surface area (Å²) >= 11 is 0. The van der Waals surface area contributed by atoms with E-state index in [0.717, 1.165) is 12.8 Å². The van der Waals surface area contributed by atoms with Crippen molar-refractivity contribution < 1.29 is 32.7 Å². The van der Waals surface area contributed by atoms with E-state index in [2.05, 4.69) is 5.32 Å². The molecule has 0 saturated carbocycles. The summed E-state index contributed by atoms with van der Waals surface area (Å²) in [6, 6.07) is 13.7. The zero-order valence-electron chi connectivity index (χ0n) is 19.2. The van der Waals surface area contributed by atoms with Crippen molar-refractivity contribution in [2.24, 2.45) is 0 Å². The van der Waals surface area contributed by atoms with E-state index in [9.17, 15) is 18.8 Å². The van der Waals surface area contributed by atoms with Crippen LogP contribution >= 0.6 is 0 Å². The number of ketones is 1. The molecule has 182 valence electrons. The van der Waals surface area contributed by atoms with Crippen molar-refractivity contribution in [1.29, 1.82) is 0 Å². The third kappa shape index (κ3) is 5.68. The maximum absolute atomic E-state index is 13.8. The number of rotatable bonds is 10. The second-order valence-corrected chi connectivity index (χ2v) is 7.97. The third-order valence-electron chi connectivity index (χ3n) is 5.43. The summed E-state index contributed by atoms with van der Waals surface area (Å²) in [5, 5.41) is 2.78. The zero-order valence-corrected chi connectivity index (χ0v) is 19.2. The quantitative estimate of drug-likeness (QED) is 0.346. The second kappa shape index (κ2) is 10.9. The molecule has 0 aliphatic carbocycles. The molecule has 0 spiro atoms. The molecule has 3 aromatic rings. The monoisotopic (exact) mass is 480 g/mol. The largest absolute Gasteiger partial charge is 0.482 e. The molecular formula is C26H25FN2O6. The Morgan fingerprint density at radius 1 is 1.14 bits per heavy atom. The summed E-state index contributed by atoms with van der Waals surface area (Å²) in [5.41, 5.74) is 0.669. The van der Waals surface area contributed by atoms with Crippen LogP contribution < -0.4 is 19.7 Å². The first-order chi connectivity index (χ1) is 17.0. The maximum atomic E-state index is 13.8. The number of para-hydroxylation sites is 1. The number of halogens is 1. The Balaban J connectivity index is 1.48. The summed E-state index contributed by atoms with van der Waals surface area (Å²) in [5.74, 6) is -0.619. The Bertz CT molecular complexity index is 1240. The first-order valence-corrected chi connectivity index (χ1v) is 11.3. The van der Waals surface area contributed by atoms with Gasteiger partial charge < -0.3 is 19.2 Å². The van der Waals surface area contributed by atoms with Crippen LogP contribution in [0.4, 0.5) is 10.1 Å². The van der Waals surface area contributed by atoms with Crippen LogP contribution in [-0.4, -0.2) is 37.4 Å². The number of benzene rings is 2. The van der Waals surface area contributed by atoms with E-state index in [0.29, 0.717) is 23.7 Å². The van der Waals surface area contributed by atoms with Crippen LogP contribution in [0.15, 0.2) is 59.0 Å². The molecule has 1 aromatic heterocycles. The number of carbonyl (C=O) groups excluding carboxylic acids is 3. The molecule has 1 aliphatic rings. The van der Waals surface area contributed by atoms with Gasteiger partial charge in [0.25, 0.3) is 11.8 Å². The van der Waals surface area contributed by atoms with Gasteiger partial charge in [0.05, 0.1) is 12.2 Å². The Morgan fingerprint density at radius 3 is 2.77 bits per heavy atom. The van der Waals surface area contributed by atoms with Gasteiger partial charge in [-0.2, -0.15) is 0 Å². The van der Waals surface area contributed by atoms with Crippen LogP contribution in [0.5, 0.6) is 11.5 Å². The Hall–Kier alpha value is -4.14. The molecule has 1 aliphatic heterocycles. The Labute approximate surface area is 201 Å². The molecule has 35 heavy (non-hydrogen) atoms. The van der Waals surface area contributed by atoms with Crippen LogP contribution in [0, 0.1) is 5.82 Å². The maximum Gasteiger partial charge on any atom is 0.286 e. The molecule has 0 unspecified atom stereocenters. The number of ether oxygens (including phenoxy) is 2. The number of nitrogens with zero attached hydrogens (tertiary/aromatic N) is 1. The number of furan rings is 1. The minimum absolute atomic E-state index is 0.0219. The molecule has 2 amide bonds. The minimum Gasteiger partial charge on any atom is -0.482 e. The van der Waals surface area contributed by atoms with Crippen LogP contribution in [0.1, 0.15) is 46.4 Å². The highest BCUT2D eigenvalue weighted by Crippen LogP contribution is 2.34. The molecule has 8 nitrogen and oxygen atoms in total. The Kier molecular flexibility index (Phi) is 7.45. The summed E-state index contributed by atoms with van der Waals surface area (Å²) in [6.07, 6.45) is 1.83. The molecular weight excluding hydrogens is 455 g/mol. The lowest BCUT2D eigenvalue weighted by molar-refractivity contribution is -0.121. The average molecular weight is 480 g/mol. The smallest absolute Gasteiger partial charge is 0.286 e. The predicted octanol–water partition coefficient (Wildman–Crippen LogP) is 4.14. The molecule has 4 rings (SSSR count). The van der Waals surface area contributed by atoms with Gasteiger partial charge in [-0.05, 0) is 48.9 Å². The van der Waals surface area contributed by atoms with E-state index < -0.39 is 11.6 Å². The summed E-state index contributed by atoms with van der Waals surface area (Å²) < 4.78 is 30.2. The van der Waals surface area contributed by atoms with Crippen molar-refractivity contribution in [1.82, 2.24) is 5.32 Å². The number of unbranched alkanes of at least 4 members (excludes halogenated alkanes) is 1. The molecule has 2 heterocycles. The Morgan fingerprint density at radius 2 is 1.97 bits per heavy atom. The number of carbonyl (C=O) groups is 3. The lowest BCUT2D eigenvalue weighted by Crippen LogP contribution is -2.38. The second-order valence-electron chi connectivity index (χ2n) is 7.97. The number of nitrogens with one attached hydrogen (secondary N) is 1. The van der Waals surface area contributed by atoms with Crippen molar-refractivity contribution >= 4 is 23.3 Å². The van der Waals surface area contributed by atoms with Crippen molar-refractivity contribution in [3.8, 4) is 11.5 Å². The number of hydrogen-bond donors (Lipinski definition) is 1.